The quantitative estimate of drug-likeness (QED) is 0.407. The Hall–Kier alpha value is -1.81. The van der Waals surface area contributed by atoms with E-state index in [0.717, 1.165) is 4.70 Å². The van der Waals surface area contributed by atoms with E-state index in [2.05, 4.69) is 4.98 Å². The number of para-hydroxylation sites is 1. The van der Waals surface area contributed by atoms with Crippen LogP contribution >= 0.6 is 11.3 Å². The zero-order valence-electron chi connectivity index (χ0n) is 18.0. The lowest BCUT2D eigenvalue weighted by atomic mass is 9.87. The maximum absolute atomic E-state index is 13.0. The first kappa shape index (κ1) is 23.8. The molecule has 4 atom stereocenters. The number of hydrogen-bond acceptors (Lipinski definition) is 8. The number of sulfone groups is 1. The summed E-state index contributed by atoms with van der Waals surface area (Å²) in [5.41, 5.74) is 0.695. The maximum Gasteiger partial charge on any atom is 0.330 e. The number of nitrogens with zero attached hydrogens (tertiary/aromatic N) is 1. The molecular weight excluding hydrogens is 438 g/mol. The minimum Gasteiger partial charge on any atom is -0.463 e. The third-order valence-electron chi connectivity index (χ3n) is 5.35. The van der Waals surface area contributed by atoms with Gasteiger partial charge in [0.2, 0.25) is 14.2 Å². The molecule has 1 aromatic heterocycles. The number of esters is 1. The summed E-state index contributed by atoms with van der Waals surface area (Å²) < 4.78 is 43.3. The van der Waals surface area contributed by atoms with Crippen LogP contribution < -0.4 is 0 Å². The van der Waals surface area contributed by atoms with Gasteiger partial charge in [-0.3, -0.25) is 0 Å². The summed E-state index contributed by atoms with van der Waals surface area (Å²) in [7, 11) is -1.95. The third kappa shape index (κ3) is 6.35. The van der Waals surface area contributed by atoms with Crippen LogP contribution in [0.15, 0.2) is 40.8 Å². The van der Waals surface area contributed by atoms with Gasteiger partial charge in [0, 0.05) is 19.6 Å². The van der Waals surface area contributed by atoms with Crippen molar-refractivity contribution in [2.45, 2.75) is 49.8 Å². The van der Waals surface area contributed by atoms with E-state index in [0.29, 0.717) is 31.4 Å². The van der Waals surface area contributed by atoms with Crippen molar-refractivity contribution in [1.82, 2.24) is 4.98 Å². The summed E-state index contributed by atoms with van der Waals surface area (Å²) in [5.74, 6) is -0.405. The number of benzene rings is 1. The summed E-state index contributed by atoms with van der Waals surface area (Å²) in [5, 5.41) is 0. The topological polar surface area (TPSA) is 91.8 Å². The number of thiazole rings is 1. The molecule has 1 fully saturated rings. The fourth-order valence-electron chi connectivity index (χ4n) is 3.77. The minimum absolute atomic E-state index is 0.0424. The first-order valence-corrected chi connectivity index (χ1v) is 12.9. The molecule has 2 aromatic rings. The van der Waals surface area contributed by atoms with Crippen LogP contribution in [0.25, 0.3) is 10.2 Å². The molecule has 2 heterocycles. The first-order chi connectivity index (χ1) is 14.8. The highest BCUT2D eigenvalue weighted by molar-refractivity contribution is 7.93. The van der Waals surface area contributed by atoms with Crippen LogP contribution in [0.3, 0.4) is 0 Å². The molecule has 1 unspecified atom stereocenters. The Bertz CT molecular complexity index is 983. The number of aromatic nitrogens is 1. The van der Waals surface area contributed by atoms with E-state index >= 15 is 0 Å². The van der Waals surface area contributed by atoms with Crippen molar-refractivity contribution in [3.05, 3.63) is 36.4 Å². The van der Waals surface area contributed by atoms with Crippen LogP contribution in [0.1, 0.15) is 33.1 Å². The molecule has 1 saturated heterocycles. The monoisotopic (exact) mass is 467 g/mol. The predicted molar refractivity (Wildman–Crippen MR) is 120 cm³/mol. The summed E-state index contributed by atoms with van der Waals surface area (Å²) >= 11 is 1.20. The number of rotatable bonds is 9. The fraction of sp³-hybridized carbons (Fsp3) is 0.545. The number of carbonyl (C=O) groups excluding carboxylic acids is 1. The highest BCUT2D eigenvalue weighted by atomic mass is 32.2. The van der Waals surface area contributed by atoms with Crippen molar-refractivity contribution in [3.63, 3.8) is 0 Å². The summed E-state index contributed by atoms with van der Waals surface area (Å²) in [4.78, 5) is 15.8. The predicted octanol–water partition coefficient (Wildman–Crippen LogP) is 3.98. The van der Waals surface area contributed by atoms with E-state index in [1.54, 1.807) is 20.1 Å². The van der Waals surface area contributed by atoms with E-state index in [-0.39, 0.29) is 34.0 Å². The molecule has 0 amide bonds. The molecular formula is C22H29NO6S2. The molecule has 7 nitrogen and oxygen atoms in total. The van der Waals surface area contributed by atoms with Crippen LogP contribution in [-0.4, -0.2) is 51.2 Å². The van der Waals surface area contributed by atoms with Crippen molar-refractivity contribution in [2.24, 2.45) is 11.8 Å². The number of fused-ring (bicyclic) bond motifs is 1. The normalized spacial score (nSPS) is 23.3. The van der Waals surface area contributed by atoms with Gasteiger partial charge in [-0.15, -0.1) is 11.3 Å². The van der Waals surface area contributed by atoms with Crippen molar-refractivity contribution in [2.75, 3.05) is 19.5 Å². The van der Waals surface area contributed by atoms with Crippen LogP contribution in [0, 0.1) is 11.8 Å². The minimum atomic E-state index is -3.54. The van der Waals surface area contributed by atoms with Crippen LogP contribution in [-0.2, 0) is 28.8 Å². The van der Waals surface area contributed by atoms with Gasteiger partial charge in [0.05, 0.1) is 28.7 Å². The van der Waals surface area contributed by atoms with Crippen LogP contribution in [0.5, 0.6) is 0 Å². The molecule has 0 spiro atoms. The van der Waals surface area contributed by atoms with Gasteiger partial charge >= 0.3 is 5.97 Å². The second kappa shape index (κ2) is 10.7. The van der Waals surface area contributed by atoms with Gasteiger partial charge in [-0.2, -0.15) is 0 Å². The summed E-state index contributed by atoms with van der Waals surface area (Å²) in [6, 6.07) is 7.41. The van der Waals surface area contributed by atoms with Gasteiger partial charge in [-0.25, -0.2) is 18.2 Å². The van der Waals surface area contributed by atoms with Crippen LogP contribution in [0.4, 0.5) is 0 Å². The Morgan fingerprint density at radius 3 is 2.84 bits per heavy atom. The number of carbonyl (C=O) groups is 1. The molecule has 0 N–H and O–H groups in total. The molecule has 0 aliphatic carbocycles. The Morgan fingerprint density at radius 2 is 2.13 bits per heavy atom. The molecule has 3 rings (SSSR count). The number of allylic oxidation sites excluding steroid dienone is 1. The van der Waals surface area contributed by atoms with Crippen molar-refractivity contribution in [3.8, 4) is 0 Å². The molecule has 9 heteroatoms. The lowest BCUT2D eigenvalue weighted by Gasteiger charge is -2.37. The molecule has 170 valence electrons. The third-order valence-corrected chi connectivity index (χ3v) is 8.78. The zero-order valence-corrected chi connectivity index (χ0v) is 19.7. The van der Waals surface area contributed by atoms with E-state index in [1.807, 2.05) is 31.2 Å². The Balaban J connectivity index is 1.66. The lowest BCUT2D eigenvalue weighted by molar-refractivity contribution is -0.202. The second-order valence-electron chi connectivity index (χ2n) is 7.77. The SMILES string of the molecule is CCOC(=O)/C=C/C[C@H]1CC(OC)O[C@@H]([C@H](C)CS(=O)(=O)c2nc3ccccc3s2)C1. The summed E-state index contributed by atoms with van der Waals surface area (Å²) in [6.45, 7) is 4.00. The smallest absolute Gasteiger partial charge is 0.330 e. The maximum atomic E-state index is 13.0. The van der Waals surface area contributed by atoms with Gasteiger partial charge < -0.3 is 14.2 Å². The molecule has 1 aromatic carbocycles. The van der Waals surface area contributed by atoms with Crippen LogP contribution in [0.2, 0.25) is 0 Å². The van der Waals surface area contributed by atoms with Gasteiger partial charge in [-0.1, -0.05) is 25.1 Å². The number of methoxy groups -OCH3 is 1. The van der Waals surface area contributed by atoms with Crippen molar-refractivity contribution in [1.29, 1.82) is 0 Å². The van der Waals surface area contributed by atoms with E-state index in [9.17, 15) is 13.2 Å². The molecule has 0 radical (unpaired) electrons. The molecule has 0 saturated carbocycles. The van der Waals surface area contributed by atoms with Crippen molar-refractivity contribution < 1.29 is 27.4 Å². The van der Waals surface area contributed by atoms with E-state index in [1.165, 1.54) is 17.4 Å². The fourth-order valence-corrected chi connectivity index (χ4v) is 6.73. The highest BCUT2D eigenvalue weighted by Gasteiger charge is 2.35. The molecule has 0 bridgehead atoms. The Labute approximate surface area is 187 Å². The molecule has 31 heavy (non-hydrogen) atoms. The van der Waals surface area contributed by atoms with Gasteiger partial charge in [-0.05, 0) is 43.7 Å². The Kier molecular flexibility index (Phi) is 8.21. The van der Waals surface area contributed by atoms with Crippen molar-refractivity contribution >= 4 is 37.4 Å². The zero-order chi connectivity index (χ0) is 22.4. The average Bonchev–Trinajstić information content (AvgIpc) is 3.19. The molecule has 1 aliphatic rings. The van der Waals surface area contributed by atoms with E-state index in [4.69, 9.17) is 14.2 Å². The van der Waals surface area contributed by atoms with Gasteiger partial charge in [0.25, 0.3) is 0 Å². The average molecular weight is 468 g/mol. The summed E-state index contributed by atoms with van der Waals surface area (Å²) in [6.07, 6.45) is 4.66. The lowest BCUT2D eigenvalue weighted by Crippen LogP contribution is -2.39. The Morgan fingerprint density at radius 1 is 1.35 bits per heavy atom. The molecule has 1 aliphatic heterocycles. The largest absolute Gasteiger partial charge is 0.463 e. The highest BCUT2D eigenvalue weighted by Crippen LogP contribution is 2.34. The second-order valence-corrected chi connectivity index (χ2v) is 11.0. The first-order valence-electron chi connectivity index (χ1n) is 10.4. The van der Waals surface area contributed by atoms with Gasteiger partial charge in [0.1, 0.15) is 0 Å². The number of ether oxygens (including phenoxy) is 3. The standard InChI is InChI=1S/C22H29NO6S2/c1-4-28-20(24)11-7-8-16-12-18(29-21(13-16)27-3)15(2)14-31(25,26)22-23-17-9-5-6-10-19(17)30-22/h5-7,9-11,15-16,18,21H,4,8,12-14H2,1-3H3/b11-7+/t15-,16-,18-,21?/m1/s1. The van der Waals surface area contributed by atoms with E-state index < -0.39 is 16.1 Å². The number of hydrogen-bond donors (Lipinski definition) is 0. The van der Waals surface area contributed by atoms with Gasteiger partial charge in [0.15, 0.2) is 6.29 Å².